The van der Waals surface area contributed by atoms with Gasteiger partial charge in [-0.15, -0.1) is 0 Å². The lowest BCUT2D eigenvalue weighted by atomic mass is 10.1. The first-order valence-corrected chi connectivity index (χ1v) is 5.40. The Hall–Kier alpha value is -1.98. The Bertz CT molecular complexity index is 590. The van der Waals surface area contributed by atoms with Crippen LogP contribution in [0.1, 0.15) is 25.5 Å². The highest BCUT2D eigenvalue weighted by molar-refractivity contribution is 5.48. The minimum absolute atomic E-state index is 0.0278. The number of hydrogen-bond donors (Lipinski definition) is 1. The molecule has 0 saturated carbocycles. The Morgan fingerprint density at radius 1 is 1.11 bits per heavy atom. The molecule has 0 amide bonds. The molecule has 6 heteroatoms. The molecule has 0 aliphatic rings. The average Bonchev–Trinajstić information content (AvgIpc) is 2.65. The number of halogens is 3. The summed E-state index contributed by atoms with van der Waals surface area (Å²) in [6.07, 6.45) is 1.36. The van der Waals surface area contributed by atoms with Crippen LogP contribution in [0.25, 0.3) is 5.69 Å². The van der Waals surface area contributed by atoms with Crippen molar-refractivity contribution >= 4 is 5.69 Å². The van der Waals surface area contributed by atoms with E-state index in [1.54, 1.807) is 0 Å². The van der Waals surface area contributed by atoms with Crippen molar-refractivity contribution in [2.45, 2.75) is 19.8 Å². The molecule has 0 spiro atoms. The minimum Gasteiger partial charge on any atom is -0.396 e. The fraction of sp³-hybridized carbons (Fsp3) is 0.250. The zero-order valence-electron chi connectivity index (χ0n) is 9.92. The van der Waals surface area contributed by atoms with Gasteiger partial charge in [-0.05, 0) is 5.92 Å². The summed E-state index contributed by atoms with van der Waals surface area (Å²) in [5, 5.41) is 3.90. The van der Waals surface area contributed by atoms with Gasteiger partial charge in [0.05, 0.1) is 17.6 Å². The summed E-state index contributed by atoms with van der Waals surface area (Å²) < 4.78 is 40.9. The summed E-state index contributed by atoms with van der Waals surface area (Å²) in [5.74, 6) is -3.28. The normalized spacial score (nSPS) is 11.2. The molecule has 0 radical (unpaired) electrons. The van der Waals surface area contributed by atoms with Gasteiger partial charge in [0.25, 0.3) is 0 Å². The number of nitrogen functional groups attached to an aromatic ring is 1. The van der Waals surface area contributed by atoms with E-state index in [9.17, 15) is 13.2 Å². The zero-order valence-corrected chi connectivity index (χ0v) is 9.92. The summed E-state index contributed by atoms with van der Waals surface area (Å²) in [5.41, 5.74) is 6.50. The highest BCUT2D eigenvalue weighted by Crippen LogP contribution is 2.26. The molecule has 2 rings (SSSR count). The van der Waals surface area contributed by atoms with Crippen LogP contribution in [0.4, 0.5) is 18.9 Å². The van der Waals surface area contributed by atoms with Crippen LogP contribution < -0.4 is 5.73 Å². The van der Waals surface area contributed by atoms with Crippen LogP contribution in [-0.4, -0.2) is 9.78 Å². The minimum atomic E-state index is -1.23. The Morgan fingerprint density at radius 2 is 1.72 bits per heavy atom. The second-order valence-corrected chi connectivity index (χ2v) is 4.27. The number of benzene rings is 1. The first kappa shape index (κ1) is 12.5. The maximum absolute atomic E-state index is 13.7. The summed E-state index contributed by atoms with van der Waals surface area (Å²) >= 11 is 0. The van der Waals surface area contributed by atoms with E-state index in [-0.39, 0.29) is 11.6 Å². The van der Waals surface area contributed by atoms with Crippen molar-refractivity contribution in [3.05, 3.63) is 41.5 Å². The van der Waals surface area contributed by atoms with Crippen LogP contribution in [0, 0.1) is 17.5 Å². The van der Waals surface area contributed by atoms with E-state index in [0.29, 0.717) is 17.4 Å². The lowest BCUT2D eigenvalue weighted by molar-refractivity contribution is 0.490. The number of nitrogens with zero attached hydrogens (tertiary/aromatic N) is 2. The molecule has 0 bridgehead atoms. The van der Waals surface area contributed by atoms with Gasteiger partial charge < -0.3 is 5.73 Å². The molecular formula is C12H12F3N3. The van der Waals surface area contributed by atoms with E-state index >= 15 is 0 Å². The molecule has 0 saturated heterocycles. The van der Waals surface area contributed by atoms with Gasteiger partial charge in [0.1, 0.15) is 5.69 Å². The Balaban J connectivity index is 2.66. The van der Waals surface area contributed by atoms with Crippen LogP contribution in [-0.2, 0) is 0 Å². The molecular weight excluding hydrogens is 243 g/mol. The molecule has 1 heterocycles. The van der Waals surface area contributed by atoms with Crippen molar-refractivity contribution in [2.75, 3.05) is 5.73 Å². The van der Waals surface area contributed by atoms with Gasteiger partial charge >= 0.3 is 0 Å². The maximum Gasteiger partial charge on any atom is 0.161 e. The van der Waals surface area contributed by atoms with Gasteiger partial charge in [-0.25, -0.2) is 17.9 Å². The second kappa shape index (κ2) is 4.36. The molecule has 0 fully saturated rings. The number of anilines is 1. The quantitative estimate of drug-likeness (QED) is 0.838. The zero-order chi connectivity index (χ0) is 13.4. The van der Waals surface area contributed by atoms with Crippen LogP contribution >= 0.6 is 0 Å². The summed E-state index contributed by atoms with van der Waals surface area (Å²) in [6, 6.07) is 1.26. The summed E-state index contributed by atoms with van der Waals surface area (Å²) in [4.78, 5) is 0. The van der Waals surface area contributed by atoms with Crippen molar-refractivity contribution < 1.29 is 13.2 Å². The predicted octanol–water partition coefficient (Wildman–Crippen LogP) is 3.00. The van der Waals surface area contributed by atoms with Crippen molar-refractivity contribution in [2.24, 2.45) is 0 Å². The molecule has 18 heavy (non-hydrogen) atoms. The highest BCUT2D eigenvalue weighted by Gasteiger charge is 2.18. The van der Waals surface area contributed by atoms with E-state index in [4.69, 9.17) is 5.73 Å². The van der Waals surface area contributed by atoms with E-state index in [0.717, 1.165) is 6.07 Å². The molecule has 3 nitrogen and oxygen atoms in total. The molecule has 1 aromatic carbocycles. The molecule has 0 aliphatic heterocycles. The number of aromatic nitrogens is 2. The molecule has 2 aromatic rings. The lowest BCUT2D eigenvalue weighted by Crippen LogP contribution is -2.08. The fourth-order valence-corrected chi connectivity index (χ4v) is 1.81. The summed E-state index contributed by atoms with van der Waals surface area (Å²) in [6.45, 7) is 3.70. The van der Waals surface area contributed by atoms with Gasteiger partial charge in [-0.3, -0.25) is 0 Å². The standard InChI is InChI=1S/C12H12F3N3/c1-6(2)12-10(16)5-17-18(12)11-4-8(14)7(13)3-9(11)15/h3-6H,16H2,1-2H3. The first-order valence-electron chi connectivity index (χ1n) is 5.40. The third-order valence-electron chi connectivity index (χ3n) is 2.60. The molecule has 96 valence electrons. The van der Waals surface area contributed by atoms with Gasteiger partial charge in [0, 0.05) is 12.1 Å². The van der Waals surface area contributed by atoms with Crippen molar-refractivity contribution in [3.63, 3.8) is 0 Å². The highest BCUT2D eigenvalue weighted by atomic mass is 19.2. The van der Waals surface area contributed by atoms with Gasteiger partial charge in [-0.1, -0.05) is 13.8 Å². The Kier molecular flexibility index (Phi) is 3.02. The smallest absolute Gasteiger partial charge is 0.161 e. The molecule has 0 atom stereocenters. The lowest BCUT2D eigenvalue weighted by Gasteiger charge is -2.12. The van der Waals surface area contributed by atoms with Gasteiger partial charge in [0.2, 0.25) is 0 Å². The molecule has 0 unspecified atom stereocenters. The predicted molar refractivity (Wildman–Crippen MR) is 61.9 cm³/mol. The largest absolute Gasteiger partial charge is 0.396 e. The first-order chi connectivity index (χ1) is 8.41. The second-order valence-electron chi connectivity index (χ2n) is 4.27. The summed E-state index contributed by atoms with van der Waals surface area (Å²) in [7, 11) is 0. The van der Waals surface area contributed by atoms with Gasteiger partial charge in [-0.2, -0.15) is 5.10 Å². The molecule has 1 aromatic heterocycles. The number of nitrogens with two attached hydrogens (primary N) is 1. The monoisotopic (exact) mass is 255 g/mol. The van der Waals surface area contributed by atoms with Gasteiger partial charge in [0.15, 0.2) is 17.5 Å². The van der Waals surface area contributed by atoms with Crippen LogP contribution in [0.5, 0.6) is 0 Å². The van der Waals surface area contributed by atoms with Crippen LogP contribution in [0.3, 0.4) is 0 Å². The molecule has 0 aliphatic carbocycles. The Morgan fingerprint density at radius 3 is 2.33 bits per heavy atom. The number of rotatable bonds is 2. The van der Waals surface area contributed by atoms with E-state index < -0.39 is 17.5 Å². The van der Waals surface area contributed by atoms with E-state index in [1.165, 1.54) is 10.9 Å². The third kappa shape index (κ3) is 1.94. The van der Waals surface area contributed by atoms with E-state index in [1.807, 2.05) is 13.8 Å². The third-order valence-corrected chi connectivity index (χ3v) is 2.60. The fourth-order valence-electron chi connectivity index (χ4n) is 1.81. The topological polar surface area (TPSA) is 43.8 Å². The SMILES string of the molecule is CC(C)c1c(N)cnn1-c1cc(F)c(F)cc1F. The van der Waals surface area contributed by atoms with Crippen LogP contribution in [0.2, 0.25) is 0 Å². The maximum atomic E-state index is 13.7. The average molecular weight is 255 g/mol. The van der Waals surface area contributed by atoms with Crippen molar-refractivity contribution in [1.29, 1.82) is 0 Å². The Labute approximate surface area is 102 Å². The van der Waals surface area contributed by atoms with Crippen molar-refractivity contribution in [1.82, 2.24) is 9.78 Å². The van der Waals surface area contributed by atoms with Crippen molar-refractivity contribution in [3.8, 4) is 5.69 Å². The van der Waals surface area contributed by atoms with E-state index in [2.05, 4.69) is 5.10 Å². The number of hydrogen-bond acceptors (Lipinski definition) is 2. The van der Waals surface area contributed by atoms with Crippen LogP contribution in [0.15, 0.2) is 18.3 Å². The molecule has 2 N–H and O–H groups in total.